The first-order chi connectivity index (χ1) is 6.61. The summed E-state index contributed by atoms with van der Waals surface area (Å²) >= 11 is 0. The van der Waals surface area contributed by atoms with Crippen molar-refractivity contribution in [2.24, 2.45) is 0 Å². The Morgan fingerprint density at radius 1 is 1.50 bits per heavy atom. The number of anilines is 1. The molecule has 0 fully saturated rings. The van der Waals surface area contributed by atoms with Gasteiger partial charge in [0.05, 0.1) is 5.69 Å². The summed E-state index contributed by atoms with van der Waals surface area (Å²) in [5.41, 5.74) is 0.267. The topological polar surface area (TPSA) is 49.3 Å². The lowest BCUT2D eigenvalue weighted by atomic mass is 10.2. The lowest BCUT2D eigenvalue weighted by Crippen LogP contribution is -2.11. The van der Waals surface area contributed by atoms with Gasteiger partial charge in [-0.15, -0.1) is 0 Å². The minimum absolute atomic E-state index is 0.00625. The zero-order valence-corrected chi connectivity index (χ0v) is 7.46. The van der Waals surface area contributed by atoms with Gasteiger partial charge in [-0.3, -0.25) is 0 Å². The van der Waals surface area contributed by atoms with Crippen LogP contribution >= 0.6 is 0 Å². The molecule has 1 aromatic rings. The van der Waals surface area contributed by atoms with E-state index in [1.54, 1.807) is 12.1 Å². The second-order valence-electron chi connectivity index (χ2n) is 2.74. The third-order valence-electron chi connectivity index (χ3n) is 1.67. The maximum Gasteiger partial charge on any atom is 0.332 e. The quantitative estimate of drug-likeness (QED) is 0.721. The molecule has 14 heavy (non-hydrogen) atoms. The Morgan fingerprint density at radius 2 is 2.14 bits per heavy atom. The molecule has 0 radical (unpaired) electrons. The van der Waals surface area contributed by atoms with E-state index in [0.29, 0.717) is 0 Å². The van der Waals surface area contributed by atoms with Crippen LogP contribution in [0.5, 0.6) is 0 Å². The molecule has 4 heteroatoms. The van der Waals surface area contributed by atoms with E-state index < -0.39 is 11.8 Å². The number of nitrogens with one attached hydrogen (secondary N) is 1. The van der Waals surface area contributed by atoms with E-state index >= 15 is 0 Å². The summed E-state index contributed by atoms with van der Waals surface area (Å²) < 4.78 is 13.0. The number of carboxylic acid groups (broad SMARTS) is 1. The fourth-order valence-electron chi connectivity index (χ4n) is 0.882. The molecule has 0 saturated carbocycles. The predicted octanol–water partition coefficient (Wildman–Crippen LogP) is 1.88. The maximum absolute atomic E-state index is 13.0. The van der Waals surface area contributed by atoms with Crippen molar-refractivity contribution in [1.29, 1.82) is 0 Å². The van der Waals surface area contributed by atoms with E-state index in [1.807, 2.05) is 0 Å². The lowest BCUT2D eigenvalue weighted by molar-refractivity contribution is -0.132. The van der Waals surface area contributed by atoms with Gasteiger partial charge in [0.15, 0.2) is 0 Å². The van der Waals surface area contributed by atoms with Gasteiger partial charge >= 0.3 is 5.97 Å². The molecule has 0 aliphatic rings. The molecular formula is C10H10FNO2. The Bertz CT molecular complexity index is 363. The summed E-state index contributed by atoms with van der Waals surface area (Å²) in [6, 6.07) is 6.05. The molecule has 0 spiro atoms. The maximum atomic E-state index is 13.0. The van der Waals surface area contributed by atoms with E-state index in [1.165, 1.54) is 12.1 Å². The Morgan fingerprint density at radius 3 is 2.71 bits per heavy atom. The first-order valence-corrected chi connectivity index (χ1v) is 4.00. The SMILES string of the molecule is C=C(CNc1ccccc1F)C(=O)O. The Balaban J connectivity index is 2.58. The summed E-state index contributed by atoms with van der Waals surface area (Å²) in [5, 5.41) is 11.1. The largest absolute Gasteiger partial charge is 0.478 e. The molecule has 0 aromatic heterocycles. The highest BCUT2D eigenvalue weighted by molar-refractivity contribution is 5.86. The highest BCUT2D eigenvalue weighted by atomic mass is 19.1. The van der Waals surface area contributed by atoms with Crippen LogP contribution < -0.4 is 5.32 Å². The standard InChI is InChI=1S/C10H10FNO2/c1-7(10(13)14)6-12-9-5-3-2-4-8(9)11/h2-5,12H,1,6H2,(H,13,14). The van der Waals surface area contributed by atoms with Gasteiger partial charge in [0.2, 0.25) is 0 Å². The third kappa shape index (κ3) is 2.58. The van der Waals surface area contributed by atoms with Crippen molar-refractivity contribution in [2.75, 3.05) is 11.9 Å². The van der Waals surface area contributed by atoms with Crippen molar-refractivity contribution in [3.63, 3.8) is 0 Å². The molecule has 0 heterocycles. The van der Waals surface area contributed by atoms with Gasteiger partial charge in [0.1, 0.15) is 5.82 Å². The normalized spacial score (nSPS) is 9.50. The highest BCUT2D eigenvalue weighted by Crippen LogP contribution is 2.12. The minimum atomic E-state index is -1.09. The van der Waals surface area contributed by atoms with Gasteiger partial charge < -0.3 is 10.4 Å². The number of hydrogen-bond donors (Lipinski definition) is 2. The Hall–Kier alpha value is -1.84. The number of hydrogen-bond acceptors (Lipinski definition) is 2. The number of carbonyl (C=O) groups is 1. The Kier molecular flexibility index (Phi) is 3.23. The molecule has 1 rings (SSSR count). The summed E-state index contributed by atoms with van der Waals surface area (Å²) in [7, 11) is 0. The highest BCUT2D eigenvalue weighted by Gasteiger charge is 2.04. The van der Waals surface area contributed by atoms with Gasteiger partial charge in [-0.05, 0) is 12.1 Å². The summed E-state index contributed by atoms with van der Waals surface area (Å²) in [6.07, 6.45) is 0. The zero-order chi connectivity index (χ0) is 10.6. The van der Waals surface area contributed by atoms with Crippen LogP contribution in [0.2, 0.25) is 0 Å². The lowest BCUT2D eigenvalue weighted by Gasteiger charge is -2.06. The van der Waals surface area contributed by atoms with Gasteiger partial charge in [-0.1, -0.05) is 18.7 Å². The van der Waals surface area contributed by atoms with Crippen LogP contribution in [0.1, 0.15) is 0 Å². The zero-order valence-electron chi connectivity index (χ0n) is 7.46. The average Bonchev–Trinajstić information content (AvgIpc) is 2.16. The summed E-state index contributed by atoms with van der Waals surface area (Å²) in [4.78, 5) is 10.4. The smallest absolute Gasteiger partial charge is 0.332 e. The van der Waals surface area contributed by atoms with E-state index in [9.17, 15) is 9.18 Å². The van der Waals surface area contributed by atoms with Gasteiger partial charge in [-0.2, -0.15) is 0 Å². The fraction of sp³-hybridized carbons (Fsp3) is 0.100. The number of para-hydroxylation sites is 1. The molecule has 0 saturated heterocycles. The van der Waals surface area contributed by atoms with Crippen molar-refractivity contribution in [3.8, 4) is 0 Å². The number of aliphatic carboxylic acids is 1. The van der Waals surface area contributed by atoms with Crippen LogP contribution in [0.4, 0.5) is 10.1 Å². The van der Waals surface area contributed by atoms with Crippen molar-refractivity contribution < 1.29 is 14.3 Å². The number of carboxylic acids is 1. The third-order valence-corrected chi connectivity index (χ3v) is 1.67. The molecule has 0 aliphatic carbocycles. The molecular weight excluding hydrogens is 185 g/mol. The summed E-state index contributed by atoms with van der Waals surface area (Å²) in [6.45, 7) is 3.34. The number of halogens is 1. The van der Waals surface area contributed by atoms with Crippen molar-refractivity contribution in [2.45, 2.75) is 0 Å². The first-order valence-electron chi connectivity index (χ1n) is 4.00. The number of rotatable bonds is 4. The minimum Gasteiger partial charge on any atom is -0.478 e. The molecule has 0 unspecified atom stereocenters. The molecule has 0 amide bonds. The van der Waals surface area contributed by atoms with E-state index in [2.05, 4.69) is 11.9 Å². The molecule has 0 aliphatic heterocycles. The predicted molar refractivity (Wildman–Crippen MR) is 51.7 cm³/mol. The van der Waals surface area contributed by atoms with Gasteiger partial charge in [-0.25, -0.2) is 9.18 Å². The van der Waals surface area contributed by atoms with Gasteiger partial charge in [0, 0.05) is 12.1 Å². The van der Waals surface area contributed by atoms with E-state index in [0.717, 1.165) is 0 Å². The molecule has 2 N–H and O–H groups in total. The van der Waals surface area contributed by atoms with Crippen molar-refractivity contribution in [1.82, 2.24) is 0 Å². The average molecular weight is 195 g/mol. The first kappa shape index (κ1) is 10.2. The molecule has 3 nitrogen and oxygen atoms in total. The molecule has 0 bridgehead atoms. The monoisotopic (exact) mass is 195 g/mol. The van der Waals surface area contributed by atoms with Crippen molar-refractivity contribution >= 4 is 11.7 Å². The van der Waals surface area contributed by atoms with Gasteiger partial charge in [0.25, 0.3) is 0 Å². The summed E-state index contributed by atoms with van der Waals surface area (Å²) in [5.74, 6) is -1.50. The Labute approximate surface area is 80.9 Å². The molecule has 0 atom stereocenters. The second kappa shape index (κ2) is 4.41. The van der Waals surface area contributed by atoms with Crippen LogP contribution in [0.3, 0.4) is 0 Å². The van der Waals surface area contributed by atoms with Crippen LogP contribution in [0.15, 0.2) is 36.4 Å². The van der Waals surface area contributed by atoms with E-state index in [-0.39, 0.29) is 17.8 Å². The van der Waals surface area contributed by atoms with Crippen LogP contribution in [0, 0.1) is 5.82 Å². The van der Waals surface area contributed by atoms with Crippen molar-refractivity contribution in [3.05, 3.63) is 42.2 Å². The second-order valence-corrected chi connectivity index (χ2v) is 2.74. The van der Waals surface area contributed by atoms with Crippen LogP contribution in [-0.2, 0) is 4.79 Å². The molecule has 1 aromatic carbocycles. The van der Waals surface area contributed by atoms with E-state index in [4.69, 9.17) is 5.11 Å². The van der Waals surface area contributed by atoms with Crippen LogP contribution in [-0.4, -0.2) is 17.6 Å². The van der Waals surface area contributed by atoms with Crippen LogP contribution in [0.25, 0.3) is 0 Å². The molecule has 74 valence electrons. The number of benzene rings is 1. The fourth-order valence-corrected chi connectivity index (χ4v) is 0.882.